The number of nitrogens with zero attached hydrogens (tertiary/aromatic N) is 2. The first-order valence-corrected chi connectivity index (χ1v) is 10.6. The van der Waals surface area contributed by atoms with Gasteiger partial charge in [0.2, 0.25) is 0 Å². The average molecular weight is 351 g/mol. The monoisotopic (exact) mass is 350 g/mol. The van der Waals surface area contributed by atoms with Crippen molar-refractivity contribution in [2.24, 2.45) is 0 Å². The van der Waals surface area contributed by atoms with Crippen molar-refractivity contribution in [3.8, 4) is 0 Å². The number of hydrogen-bond acceptors (Lipinski definition) is 3. The fourth-order valence-corrected chi connectivity index (χ4v) is 5.69. The minimum atomic E-state index is 0.587. The second kappa shape index (κ2) is 6.79. The summed E-state index contributed by atoms with van der Waals surface area (Å²) in [5.74, 6) is 0. The van der Waals surface area contributed by atoms with Gasteiger partial charge >= 0.3 is 0 Å². The summed E-state index contributed by atoms with van der Waals surface area (Å²) in [6.07, 6.45) is 5.46. The topological polar surface area (TPSA) is 6.48 Å². The van der Waals surface area contributed by atoms with Gasteiger partial charge in [0.05, 0.1) is 6.04 Å². The molecule has 2 aliphatic carbocycles. The molecule has 4 aliphatic rings. The Morgan fingerprint density at radius 3 is 2.12 bits per heavy atom. The standard InChI is InChI=1S/C22H26N2S/c1-2-13-23(12-1)16-17-8-10-18(11-9-17)25-22-19-6-5-7-20(22)21(19)24-14-3-4-15-24/h5-11,21H,1-4,12-16H2. The lowest BCUT2D eigenvalue weighted by Gasteiger charge is -2.39. The van der Waals surface area contributed by atoms with Crippen LogP contribution in [-0.4, -0.2) is 36.0 Å². The van der Waals surface area contributed by atoms with E-state index in [0.717, 1.165) is 6.54 Å². The molecule has 0 spiro atoms. The van der Waals surface area contributed by atoms with Crippen LogP contribution in [-0.2, 0) is 6.54 Å². The van der Waals surface area contributed by atoms with Crippen molar-refractivity contribution in [2.75, 3.05) is 26.2 Å². The second-order valence-electron chi connectivity index (χ2n) is 7.64. The minimum Gasteiger partial charge on any atom is -0.299 e. The summed E-state index contributed by atoms with van der Waals surface area (Å²) >= 11 is 1.96. The van der Waals surface area contributed by atoms with E-state index in [1.54, 1.807) is 11.1 Å². The predicted octanol–water partition coefficient (Wildman–Crippen LogP) is 4.93. The Kier molecular flexibility index (Phi) is 4.32. The third kappa shape index (κ3) is 3.03. The van der Waals surface area contributed by atoms with E-state index in [4.69, 9.17) is 0 Å². The third-order valence-electron chi connectivity index (χ3n) is 5.92. The lowest BCUT2D eigenvalue weighted by molar-refractivity contribution is 0.258. The number of rotatable bonds is 5. The summed E-state index contributed by atoms with van der Waals surface area (Å²) < 4.78 is 0. The molecule has 0 unspecified atom stereocenters. The Labute approximate surface area is 155 Å². The molecule has 2 aromatic rings. The molecule has 6 rings (SSSR count). The van der Waals surface area contributed by atoms with Crippen molar-refractivity contribution in [1.29, 1.82) is 0 Å². The van der Waals surface area contributed by atoms with Crippen LogP contribution in [0, 0.1) is 0 Å². The summed E-state index contributed by atoms with van der Waals surface area (Å²) in [6, 6.07) is 16.7. The zero-order valence-corrected chi connectivity index (χ0v) is 15.6. The fraction of sp³-hybridized carbons (Fsp3) is 0.455. The SMILES string of the molecule is c1cc2c(Sc3ccc(CN4CCCC4)cc3)c(c1)C2N1CCCC1. The van der Waals surface area contributed by atoms with Gasteiger partial charge in [0.1, 0.15) is 0 Å². The fourth-order valence-electron chi connectivity index (χ4n) is 4.58. The molecule has 3 heteroatoms. The van der Waals surface area contributed by atoms with Gasteiger partial charge in [0, 0.05) is 16.3 Å². The maximum atomic E-state index is 2.66. The summed E-state index contributed by atoms with van der Waals surface area (Å²) in [6.45, 7) is 6.19. The lowest BCUT2D eigenvalue weighted by Crippen LogP contribution is -2.32. The van der Waals surface area contributed by atoms with E-state index in [1.807, 2.05) is 11.8 Å². The Hall–Kier alpha value is -1.29. The Bertz CT molecular complexity index is 721. The molecule has 2 aliphatic heterocycles. The van der Waals surface area contributed by atoms with Crippen molar-refractivity contribution in [1.82, 2.24) is 9.80 Å². The van der Waals surface area contributed by atoms with Crippen molar-refractivity contribution >= 4 is 11.8 Å². The lowest BCUT2D eigenvalue weighted by atomic mass is 9.86. The molecule has 0 amide bonds. The van der Waals surface area contributed by atoms with E-state index in [1.165, 1.54) is 67.2 Å². The van der Waals surface area contributed by atoms with Crippen LogP contribution in [0.3, 0.4) is 0 Å². The predicted molar refractivity (Wildman–Crippen MR) is 104 cm³/mol. The molecular weight excluding hydrogens is 324 g/mol. The molecule has 130 valence electrons. The highest BCUT2D eigenvalue weighted by molar-refractivity contribution is 7.99. The molecule has 0 saturated carbocycles. The van der Waals surface area contributed by atoms with Crippen LogP contribution in [0.2, 0.25) is 0 Å². The van der Waals surface area contributed by atoms with Crippen molar-refractivity contribution in [2.45, 2.75) is 48.1 Å². The number of benzene rings is 2. The normalized spacial score (nSPS) is 21.0. The summed E-state index contributed by atoms with van der Waals surface area (Å²) in [4.78, 5) is 8.11. The number of hydrogen-bond donors (Lipinski definition) is 0. The minimum absolute atomic E-state index is 0.587. The zero-order valence-electron chi connectivity index (χ0n) is 14.8. The van der Waals surface area contributed by atoms with Gasteiger partial charge in [-0.3, -0.25) is 9.80 Å². The van der Waals surface area contributed by atoms with Gasteiger partial charge in [0.25, 0.3) is 0 Å². The molecule has 0 radical (unpaired) electrons. The van der Waals surface area contributed by atoms with Crippen molar-refractivity contribution in [3.05, 3.63) is 59.2 Å². The quantitative estimate of drug-likeness (QED) is 0.755. The van der Waals surface area contributed by atoms with E-state index in [0.29, 0.717) is 6.04 Å². The summed E-state index contributed by atoms with van der Waals surface area (Å²) in [5, 5.41) is 0. The van der Waals surface area contributed by atoms with E-state index >= 15 is 0 Å². The maximum absolute atomic E-state index is 2.66. The summed E-state index contributed by atoms with van der Waals surface area (Å²) in [5.41, 5.74) is 4.54. The van der Waals surface area contributed by atoms with Gasteiger partial charge in [0.15, 0.2) is 0 Å². The van der Waals surface area contributed by atoms with Crippen LogP contribution in [0.25, 0.3) is 0 Å². The van der Waals surface area contributed by atoms with Gasteiger partial charge in [-0.1, -0.05) is 42.1 Å². The van der Waals surface area contributed by atoms with Crippen LogP contribution in [0.4, 0.5) is 0 Å². The van der Waals surface area contributed by atoms with Crippen LogP contribution < -0.4 is 0 Å². The van der Waals surface area contributed by atoms with E-state index < -0.39 is 0 Å². The third-order valence-corrected chi connectivity index (χ3v) is 7.10. The first kappa shape index (κ1) is 15.9. The zero-order chi connectivity index (χ0) is 16.6. The van der Waals surface area contributed by atoms with Gasteiger partial charge in [-0.15, -0.1) is 0 Å². The molecule has 0 atom stereocenters. The molecule has 2 aromatic carbocycles. The average Bonchev–Trinajstić information content (AvgIpc) is 3.35. The molecule has 0 N–H and O–H groups in total. The highest BCUT2D eigenvalue weighted by Gasteiger charge is 2.36. The molecule has 2 fully saturated rings. The van der Waals surface area contributed by atoms with Gasteiger partial charge < -0.3 is 0 Å². The maximum Gasteiger partial charge on any atom is 0.0624 e. The van der Waals surface area contributed by atoms with E-state index in [-0.39, 0.29) is 0 Å². The van der Waals surface area contributed by atoms with Crippen LogP contribution in [0.15, 0.2) is 52.3 Å². The molecular formula is C22H26N2S. The van der Waals surface area contributed by atoms with Crippen molar-refractivity contribution < 1.29 is 0 Å². The number of fused-ring (bicyclic) bond motifs is 2. The molecule has 2 nitrogen and oxygen atoms in total. The number of likely N-dealkylation sites (tertiary alicyclic amines) is 2. The van der Waals surface area contributed by atoms with Crippen LogP contribution in [0.1, 0.15) is 48.4 Å². The van der Waals surface area contributed by atoms with E-state index in [9.17, 15) is 0 Å². The summed E-state index contributed by atoms with van der Waals surface area (Å²) in [7, 11) is 0. The second-order valence-corrected chi connectivity index (χ2v) is 8.72. The molecule has 0 aromatic heterocycles. The first-order chi connectivity index (χ1) is 12.4. The molecule has 2 heterocycles. The molecule has 2 bridgehead atoms. The van der Waals surface area contributed by atoms with Crippen molar-refractivity contribution in [3.63, 3.8) is 0 Å². The smallest absolute Gasteiger partial charge is 0.0624 e. The Balaban J connectivity index is 1.28. The van der Waals surface area contributed by atoms with E-state index in [2.05, 4.69) is 52.3 Å². The molecule has 25 heavy (non-hydrogen) atoms. The highest BCUT2D eigenvalue weighted by Crippen LogP contribution is 2.51. The molecule has 2 saturated heterocycles. The van der Waals surface area contributed by atoms with Crippen LogP contribution >= 0.6 is 11.8 Å². The Morgan fingerprint density at radius 1 is 0.800 bits per heavy atom. The van der Waals surface area contributed by atoms with Crippen LogP contribution in [0.5, 0.6) is 0 Å². The Morgan fingerprint density at radius 2 is 1.44 bits per heavy atom. The first-order valence-electron chi connectivity index (χ1n) is 9.74. The highest BCUT2D eigenvalue weighted by atomic mass is 32.2. The largest absolute Gasteiger partial charge is 0.299 e. The van der Waals surface area contributed by atoms with Gasteiger partial charge in [-0.25, -0.2) is 0 Å². The van der Waals surface area contributed by atoms with Gasteiger partial charge in [-0.05, 0) is 80.7 Å². The van der Waals surface area contributed by atoms with Gasteiger partial charge in [-0.2, -0.15) is 0 Å².